The van der Waals surface area contributed by atoms with Gasteiger partial charge in [0.25, 0.3) is 0 Å². The minimum Gasteiger partial charge on any atom is -0.550 e. The number of carbonyl (C=O) groups is 2. The molecule has 0 radical (unpaired) electrons. The van der Waals surface area contributed by atoms with E-state index in [1.54, 1.807) is 0 Å². The van der Waals surface area contributed by atoms with E-state index in [0.717, 1.165) is 13.1 Å². The van der Waals surface area contributed by atoms with Gasteiger partial charge in [0, 0.05) is 18.8 Å². The first-order valence-electron chi connectivity index (χ1n) is 5.07. The van der Waals surface area contributed by atoms with Crippen molar-refractivity contribution in [3.63, 3.8) is 0 Å². The SMILES string of the molecule is C[N+](C)(CCCC(=O)[O-])CCCC(=O)O. The average molecular weight is 217 g/mol. The van der Waals surface area contributed by atoms with E-state index in [0.29, 0.717) is 17.3 Å². The Kier molecular flexibility index (Phi) is 5.93. The minimum absolute atomic E-state index is 0.0701. The van der Waals surface area contributed by atoms with Crippen LogP contribution >= 0.6 is 0 Å². The molecule has 0 aromatic rings. The van der Waals surface area contributed by atoms with E-state index in [4.69, 9.17) is 5.11 Å². The molecule has 0 aliphatic heterocycles. The van der Waals surface area contributed by atoms with Crippen LogP contribution in [0.4, 0.5) is 0 Å². The van der Waals surface area contributed by atoms with Gasteiger partial charge in [-0.1, -0.05) is 0 Å². The van der Waals surface area contributed by atoms with Crippen LogP contribution in [0.2, 0.25) is 0 Å². The molecule has 0 heterocycles. The fourth-order valence-electron chi connectivity index (χ4n) is 1.42. The van der Waals surface area contributed by atoms with Crippen molar-refractivity contribution in [3.8, 4) is 0 Å². The molecule has 0 bridgehead atoms. The lowest BCUT2D eigenvalue weighted by molar-refractivity contribution is -0.890. The summed E-state index contributed by atoms with van der Waals surface area (Å²) in [5.74, 6) is -1.81. The Balaban J connectivity index is 3.66. The summed E-state index contributed by atoms with van der Waals surface area (Å²) in [5.41, 5.74) is 0. The van der Waals surface area contributed by atoms with Crippen LogP contribution in [0.5, 0.6) is 0 Å². The summed E-state index contributed by atoms with van der Waals surface area (Å²) in [6.07, 6.45) is 1.43. The van der Waals surface area contributed by atoms with Crippen molar-refractivity contribution in [3.05, 3.63) is 0 Å². The third-order valence-electron chi connectivity index (χ3n) is 2.30. The van der Waals surface area contributed by atoms with Gasteiger partial charge in [0.1, 0.15) is 0 Å². The van der Waals surface area contributed by atoms with E-state index in [1.165, 1.54) is 0 Å². The highest BCUT2D eigenvalue weighted by Crippen LogP contribution is 2.04. The number of carboxylic acids is 2. The number of carboxylic acid groups (broad SMARTS) is 2. The van der Waals surface area contributed by atoms with Crippen molar-refractivity contribution in [1.82, 2.24) is 0 Å². The monoisotopic (exact) mass is 217 g/mol. The molecule has 0 aliphatic rings. The lowest BCUT2D eigenvalue weighted by Gasteiger charge is -2.29. The van der Waals surface area contributed by atoms with Crippen LogP contribution in [0.3, 0.4) is 0 Å². The van der Waals surface area contributed by atoms with Gasteiger partial charge in [-0.2, -0.15) is 0 Å². The van der Waals surface area contributed by atoms with Gasteiger partial charge in [0.2, 0.25) is 0 Å². The molecular formula is C10H19NO4. The standard InChI is InChI=1S/C10H19NO4/c1-11(2,7-3-5-9(12)13)8-4-6-10(14)15/h3-8H2,1-2H3,(H-,12,13,14,15). The predicted octanol–water partition coefficient (Wildman–Crippen LogP) is -0.542. The summed E-state index contributed by atoms with van der Waals surface area (Å²) >= 11 is 0. The Morgan fingerprint density at radius 3 is 2.00 bits per heavy atom. The number of hydrogen-bond acceptors (Lipinski definition) is 3. The van der Waals surface area contributed by atoms with E-state index in [2.05, 4.69) is 0 Å². The summed E-state index contributed by atoms with van der Waals surface area (Å²) in [6, 6.07) is 0. The zero-order chi connectivity index (χ0) is 11.9. The molecule has 0 amide bonds. The fourth-order valence-corrected chi connectivity index (χ4v) is 1.42. The number of quaternary nitrogens is 1. The highest BCUT2D eigenvalue weighted by Gasteiger charge is 2.14. The molecule has 1 N–H and O–H groups in total. The van der Waals surface area contributed by atoms with E-state index >= 15 is 0 Å². The Labute approximate surface area is 89.9 Å². The molecule has 0 rings (SSSR count). The van der Waals surface area contributed by atoms with Crippen molar-refractivity contribution in [2.75, 3.05) is 27.2 Å². The molecule has 5 nitrogen and oxygen atoms in total. The number of hydrogen-bond donors (Lipinski definition) is 1. The molecule has 0 spiro atoms. The number of carbonyl (C=O) groups excluding carboxylic acids is 1. The molecule has 0 saturated heterocycles. The van der Waals surface area contributed by atoms with Crippen LogP contribution in [-0.4, -0.2) is 48.7 Å². The second-order valence-electron chi connectivity index (χ2n) is 4.36. The first kappa shape index (κ1) is 13.9. The van der Waals surface area contributed by atoms with Gasteiger partial charge in [-0.15, -0.1) is 0 Å². The average Bonchev–Trinajstić information content (AvgIpc) is 2.01. The molecule has 0 atom stereocenters. The van der Waals surface area contributed by atoms with E-state index in [-0.39, 0.29) is 12.8 Å². The minimum atomic E-state index is -1.03. The van der Waals surface area contributed by atoms with Gasteiger partial charge >= 0.3 is 5.97 Å². The van der Waals surface area contributed by atoms with Gasteiger partial charge in [-0.25, -0.2) is 0 Å². The number of nitrogens with zero attached hydrogens (tertiary/aromatic N) is 1. The molecule has 15 heavy (non-hydrogen) atoms. The van der Waals surface area contributed by atoms with Gasteiger partial charge in [-0.3, -0.25) is 4.79 Å². The molecule has 88 valence electrons. The number of aliphatic carboxylic acids is 2. The quantitative estimate of drug-likeness (QED) is 0.554. The smallest absolute Gasteiger partial charge is 0.303 e. The van der Waals surface area contributed by atoms with E-state index in [1.807, 2.05) is 14.1 Å². The van der Waals surface area contributed by atoms with Gasteiger partial charge < -0.3 is 19.5 Å². The van der Waals surface area contributed by atoms with Crippen LogP contribution < -0.4 is 5.11 Å². The van der Waals surface area contributed by atoms with E-state index in [9.17, 15) is 14.7 Å². The third-order valence-corrected chi connectivity index (χ3v) is 2.30. The van der Waals surface area contributed by atoms with Crippen LogP contribution in [0, 0.1) is 0 Å². The van der Waals surface area contributed by atoms with Crippen LogP contribution in [0.25, 0.3) is 0 Å². The second-order valence-corrected chi connectivity index (χ2v) is 4.36. The Bertz CT molecular complexity index is 203. The second kappa shape index (κ2) is 6.40. The van der Waals surface area contributed by atoms with Crippen molar-refractivity contribution < 1.29 is 24.3 Å². The normalized spacial score (nSPS) is 11.3. The Morgan fingerprint density at radius 2 is 1.60 bits per heavy atom. The van der Waals surface area contributed by atoms with Gasteiger partial charge in [0.15, 0.2) is 0 Å². The van der Waals surface area contributed by atoms with Crippen LogP contribution in [-0.2, 0) is 9.59 Å². The third kappa shape index (κ3) is 9.21. The Morgan fingerprint density at radius 1 is 1.13 bits per heavy atom. The van der Waals surface area contributed by atoms with Crippen LogP contribution in [0.15, 0.2) is 0 Å². The van der Waals surface area contributed by atoms with Crippen molar-refractivity contribution in [1.29, 1.82) is 0 Å². The van der Waals surface area contributed by atoms with Crippen molar-refractivity contribution >= 4 is 11.9 Å². The maximum absolute atomic E-state index is 10.3. The van der Waals surface area contributed by atoms with Crippen molar-refractivity contribution in [2.24, 2.45) is 0 Å². The summed E-state index contributed by atoms with van der Waals surface area (Å²) in [7, 11) is 3.94. The maximum Gasteiger partial charge on any atom is 0.303 e. The Hall–Kier alpha value is -1.10. The summed E-state index contributed by atoms with van der Waals surface area (Å²) in [5, 5.41) is 18.7. The fraction of sp³-hybridized carbons (Fsp3) is 0.800. The lowest BCUT2D eigenvalue weighted by Crippen LogP contribution is -2.41. The molecule has 0 fully saturated rings. The highest BCUT2D eigenvalue weighted by molar-refractivity contribution is 5.66. The van der Waals surface area contributed by atoms with Crippen LogP contribution in [0.1, 0.15) is 25.7 Å². The van der Waals surface area contributed by atoms with Crippen molar-refractivity contribution in [2.45, 2.75) is 25.7 Å². The molecular weight excluding hydrogens is 198 g/mol. The zero-order valence-electron chi connectivity index (χ0n) is 9.36. The summed E-state index contributed by atoms with van der Waals surface area (Å²) in [6.45, 7) is 1.48. The number of rotatable bonds is 8. The first-order chi connectivity index (χ1) is 6.83. The summed E-state index contributed by atoms with van der Waals surface area (Å²) < 4.78 is 0.653. The lowest BCUT2D eigenvalue weighted by atomic mass is 10.2. The zero-order valence-corrected chi connectivity index (χ0v) is 9.36. The van der Waals surface area contributed by atoms with E-state index < -0.39 is 11.9 Å². The molecule has 0 unspecified atom stereocenters. The highest BCUT2D eigenvalue weighted by atomic mass is 16.4. The molecule has 0 aromatic carbocycles. The molecule has 0 aliphatic carbocycles. The first-order valence-corrected chi connectivity index (χ1v) is 5.07. The predicted molar refractivity (Wildman–Crippen MR) is 53.0 cm³/mol. The maximum atomic E-state index is 10.3. The molecule has 5 heteroatoms. The largest absolute Gasteiger partial charge is 0.550 e. The molecule has 0 aromatic heterocycles. The van der Waals surface area contributed by atoms with Gasteiger partial charge in [-0.05, 0) is 6.42 Å². The topological polar surface area (TPSA) is 77.4 Å². The van der Waals surface area contributed by atoms with Gasteiger partial charge in [0.05, 0.1) is 33.6 Å². The summed E-state index contributed by atoms with van der Waals surface area (Å²) in [4.78, 5) is 20.5. The molecule has 0 saturated carbocycles.